The van der Waals surface area contributed by atoms with Crippen molar-refractivity contribution in [3.05, 3.63) is 41.5 Å². The highest BCUT2D eigenvalue weighted by Crippen LogP contribution is 2.19. The molecule has 0 aliphatic heterocycles. The van der Waals surface area contributed by atoms with Crippen LogP contribution in [0.4, 0.5) is 10.4 Å². The Morgan fingerprint density at radius 3 is 2.68 bits per heavy atom. The molecular formula is C13H15FN4O. The molecule has 0 unspecified atom stereocenters. The second kappa shape index (κ2) is 5.36. The largest absolute Gasteiger partial charge is 0.407 e. The maximum absolute atomic E-state index is 12.7. The van der Waals surface area contributed by atoms with Crippen molar-refractivity contribution in [3.8, 4) is 0 Å². The number of nitrogens with zero attached hydrogens (tertiary/aromatic N) is 2. The van der Waals surface area contributed by atoms with E-state index in [4.69, 9.17) is 4.42 Å². The Hall–Kier alpha value is -1.95. The predicted molar refractivity (Wildman–Crippen MR) is 67.9 cm³/mol. The fourth-order valence-corrected chi connectivity index (χ4v) is 1.70. The summed E-state index contributed by atoms with van der Waals surface area (Å²) in [5.41, 5.74) is 0.956. The van der Waals surface area contributed by atoms with Crippen molar-refractivity contribution in [3.63, 3.8) is 0 Å². The van der Waals surface area contributed by atoms with Gasteiger partial charge in [-0.15, -0.1) is 5.10 Å². The van der Waals surface area contributed by atoms with E-state index in [0.717, 1.165) is 5.56 Å². The van der Waals surface area contributed by atoms with Gasteiger partial charge in [0.25, 0.3) is 0 Å². The molecule has 1 aliphatic rings. The minimum absolute atomic E-state index is 0.241. The van der Waals surface area contributed by atoms with Crippen molar-refractivity contribution in [1.82, 2.24) is 15.5 Å². The molecule has 6 heteroatoms. The fraction of sp³-hybridized carbons (Fsp3) is 0.385. The Morgan fingerprint density at radius 1 is 1.16 bits per heavy atom. The first-order valence-corrected chi connectivity index (χ1v) is 6.34. The van der Waals surface area contributed by atoms with Crippen molar-refractivity contribution in [2.45, 2.75) is 32.0 Å². The summed E-state index contributed by atoms with van der Waals surface area (Å²) in [6.45, 7) is 1.13. The van der Waals surface area contributed by atoms with E-state index in [-0.39, 0.29) is 5.82 Å². The third kappa shape index (κ3) is 3.51. The van der Waals surface area contributed by atoms with E-state index < -0.39 is 0 Å². The fourth-order valence-electron chi connectivity index (χ4n) is 1.70. The summed E-state index contributed by atoms with van der Waals surface area (Å²) < 4.78 is 18.2. The van der Waals surface area contributed by atoms with Gasteiger partial charge in [-0.05, 0) is 30.5 Å². The molecule has 1 fully saturated rings. The van der Waals surface area contributed by atoms with Crippen LogP contribution in [0.1, 0.15) is 24.3 Å². The lowest BCUT2D eigenvalue weighted by Gasteiger charge is -2.01. The number of benzene rings is 1. The highest BCUT2D eigenvalue weighted by molar-refractivity contribution is 5.23. The molecule has 2 aromatic rings. The topological polar surface area (TPSA) is 63.0 Å². The predicted octanol–water partition coefficient (Wildman–Crippen LogP) is 2.07. The van der Waals surface area contributed by atoms with Crippen LogP contribution in [-0.2, 0) is 13.1 Å². The standard InChI is InChI=1S/C13H15FN4O/c14-10-3-1-9(2-4-10)7-16-13-18-17-12(19-13)8-15-11-5-6-11/h1-4,11,15H,5-8H2,(H,16,18). The molecule has 1 aliphatic carbocycles. The van der Waals surface area contributed by atoms with Crippen molar-refractivity contribution < 1.29 is 8.81 Å². The van der Waals surface area contributed by atoms with Gasteiger partial charge in [0.05, 0.1) is 6.54 Å². The molecule has 1 saturated carbocycles. The van der Waals surface area contributed by atoms with Gasteiger partial charge in [-0.2, -0.15) is 0 Å². The average Bonchev–Trinajstić information content (AvgIpc) is 3.15. The van der Waals surface area contributed by atoms with E-state index in [2.05, 4.69) is 20.8 Å². The SMILES string of the molecule is Fc1ccc(CNc2nnc(CNC3CC3)o2)cc1. The molecule has 100 valence electrons. The summed E-state index contributed by atoms with van der Waals surface area (Å²) in [6, 6.07) is 7.29. The summed E-state index contributed by atoms with van der Waals surface area (Å²) in [5, 5.41) is 14.2. The van der Waals surface area contributed by atoms with Gasteiger partial charge in [-0.1, -0.05) is 17.2 Å². The zero-order valence-corrected chi connectivity index (χ0v) is 10.4. The van der Waals surface area contributed by atoms with Crippen LogP contribution < -0.4 is 10.6 Å². The molecule has 1 aromatic heterocycles. The Labute approximate surface area is 110 Å². The van der Waals surface area contributed by atoms with Crippen molar-refractivity contribution in [2.24, 2.45) is 0 Å². The molecule has 2 N–H and O–H groups in total. The van der Waals surface area contributed by atoms with Gasteiger partial charge < -0.3 is 15.1 Å². The normalized spacial score (nSPS) is 14.6. The van der Waals surface area contributed by atoms with Crippen molar-refractivity contribution in [2.75, 3.05) is 5.32 Å². The Balaban J connectivity index is 1.50. The Kier molecular flexibility index (Phi) is 3.41. The van der Waals surface area contributed by atoms with Crippen LogP contribution in [0.2, 0.25) is 0 Å². The molecule has 19 heavy (non-hydrogen) atoms. The number of aromatic nitrogens is 2. The van der Waals surface area contributed by atoms with Crippen molar-refractivity contribution >= 4 is 6.01 Å². The van der Waals surface area contributed by atoms with E-state index in [1.54, 1.807) is 12.1 Å². The molecule has 0 amide bonds. The molecule has 0 atom stereocenters. The molecule has 3 rings (SSSR count). The van der Waals surface area contributed by atoms with E-state index in [9.17, 15) is 4.39 Å². The van der Waals surface area contributed by atoms with E-state index in [0.29, 0.717) is 31.0 Å². The monoisotopic (exact) mass is 262 g/mol. The number of rotatable bonds is 6. The lowest BCUT2D eigenvalue weighted by molar-refractivity contribution is 0.475. The number of halogens is 1. The maximum Gasteiger partial charge on any atom is 0.315 e. The first-order valence-electron chi connectivity index (χ1n) is 6.34. The summed E-state index contributed by atoms with van der Waals surface area (Å²) in [5.74, 6) is 0.337. The molecule has 0 bridgehead atoms. The number of hydrogen-bond acceptors (Lipinski definition) is 5. The first kappa shape index (κ1) is 12.1. The molecular weight excluding hydrogens is 247 g/mol. The third-order valence-corrected chi connectivity index (χ3v) is 2.94. The summed E-state index contributed by atoms with van der Waals surface area (Å²) in [7, 11) is 0. The first-order chi connectivity index (χ1) is 9.29. The lowest BCUT2D eigenvalue weighted by atomic mass is 10.2. The number of anilines is 1. The zero-order valence-electron chi connectivity index (χ0n) is 10.4. The molecule has 0 saturated heterocycles. The molecule has 0 spiro atoms. The van der Waals surface area contributed by atoms with Gasteiger partial charge in [0.15, 0.2) is 0 Å². The molecule has 1 aromatic carbocycles. The van der Waals surface area contributed by atoms with E-state index in [1.165, 1.54) is 25.0 Å². The molecule has 0 radical (unpaired) electrons. The van der Waals surface area contributed by atoms with Gasteiger partial charge in [-0.25, -0.2) is 4.39 Å². The second-order valence-corrected chi connectivity index (χ2v) is 4.64. The maximum atomic E-state index is 12.7. The van der Waals surface area contributed by atoms with Gasteiger partial charge in [0.1, 0.15) is 5.82 Å². The minimum Gasteiger partial charge on any atom is -0.407 e. The third-order valence-electron chi connectivity index (χ3n) is 2.94. The van der Waals surface area contributed by atoms with Crippen LogP contribution in [0, 0.1) is 5.82 Å². The van der Waals surface area contributed by atoms with Crippen LogP contribution in [0.25, 0.3) is 0 Å². The van der Waals surface area contributed by atoms with Crippen LogP contribution in [0.5, 0.6) is 0 Å². The number of nitrogens with one attached hydrogen (secondary N) is 2. The molecule has 1 heterocycles. The van der Waals surface area contributed by atoms with Crippen LogP contribution >= 0.6 is 0 Å². The smallest absolute Gasteiger partial charge is 0.315 e. The van der Waals surface area contributed by atoms with Gasteiger partial charge in [-0.3, -0.25) is 0 Å². The van der Waals surface area contributed by atoms with Gasteiger partial charge >= 0.3 is 6.01 Å². The Morgan fingerprint density at radius 2 is 1.95 bits per heavy atom. The second-order valence-electron chi connectivity index (χ2n) is 4.64. The minimum atomic E-state index is -0.241. The van der Waals surface area contributed by atoms with Gasteiger partial charge in [0, 0.05) is 12.6 Å². The van der Waals surface area contributed by atoms with Crippen LogP contribution in [0.15, 0.2) is 28.7 Å². The quantitative estimate of drug-likeness (QED) is 0.834. The van der Waals surface area contributed by atoms with E-state index in [1.807, 2.05) is 0 Å². The van der Waals surface area contributed by atoms with Crippen LogP contribution in [0.3, 0.4) is 0 Å². The zero-order chi connectivity index (χ0) is 13.1. The number of hydrogen-bond donors (Lipinski definition) is 2. The molecule has 5 nitrogen and oxygen atoms in total. The summed E-state index contributed by atoms with van der Waals surface area (Å²) >= 11 is 0. The summed E-state index contributed by atoms with van der Waals surface area (Å²) in [6.07, 6.45) is 2.45. The van der Waals surface area contributed by atoms with E-state index >= 15 is 0 Å². The van der Waals surface area contributed by atoms with Crippen molar-refractivity contribution in [1.29, 1.82) is 0 Å². The lowest BCUT2D eigenvalue weighted by Crippen LogP contribution is -2.15. The highest BCUT2D eigenvalue weighted by Gasteiger charge is 2.21. The summed E-state index contributed by atoms with van der Waals surface area (Å²) in [4.78, 5) is 0. The highest BCUT2D eigenvalue weighted by atomic mass is 19.1. The Bertz CT molecular complexity index is 536. The average molecular weight is 262 g/mol. The van der Waals surface area contributed by atoms with Gasteiger partial charge in [0.2, 0.25) is 5.89 Å². The van der Waals surface area contributed by atoms with Crippen LogP contribution in [-0.4, -0.2) is 16.2 Å².